The average Bonchev–Trinajstić information content (AvgIpc) is 3.43. The Kier molecular flexibility index (Phi) is 6.55. The summed E-state index contributed by atoms with van der Waals surface area (Å²) in [5.41, 5.74) is 0.644. The molecule has 0 saturated carbocycles. The van der Waals surface area contributed by atoms with E-state index >= 15 is 0 Å². The number of nitrogens with one attached hydrogen (secondary N) is 1. The summed E-state index contributed by atoms with van der Waals surface area (Å²) in [5.74, 6) is -0.497. The van der Waals surface area contributed by atoms with Crippen molar-refractivity contribution in [1.82, 2.24) is 9.78 Å². The molecule has 1 aromatic heterocycles. The van der Waals surface area contributed by atoms with Crippen molar-refractivity contribution in [3.05, 3.63) is 120 Å². The van der Waals surface area contributed by atoms with E-state index in [0.717, 1.165) is 27.6 Å². The Morgan fingerprint density at radius 1 is 0.786 bits per heavy atom. The number of fused-ring (bicyclic) bond motifs is 3. The van der Waals surface area contributed by atoms with Crippen molar-refractivity contribution in [3.8, 4) is 16.9 Å². The lowest BCUT2D eigenvalue weighted by molar-refractivity contribution is -0.141. The smallest absolute Gasteiger partial charge is 0.322 e. The third-order valence-electron chi connectivity index (χ3n) is 6.86. The minimum Gasteiger partial charge on any atom is -0.322 e. The number of nitrogens with two attached hydrogens (primary N) is 1. The van der Waals surface area contributed by atoms with Gasteiger partial charge < -0.3 is 5.32 Å². The van der Waals surface area contributed by atoms with Crippen molar-refractivity contribution < 1.29 is 26.4 Å². The summed E-state index contributed by atoms with van der Waals surface area (Å²) in [5, 5.41) is 15.6. The minimum absolute atomic E-state index is 0.0992. The normalized spacial score (nSPS) is 12.1. The van der Waals surface area contributed by atoms with Gasteiger partial charge in [0, 0.05) is 16.8 Å². The molecule has 0 aliphatic heterocycles. The van der Waals surface area contributed by atoms with Gasteiger partial charge in [-0.3, -0.25) is 4.79 Å². The lowest BCUT2D eigenvalue weighted by atomic mass is 9.99. The van der Waals surface area contributed by atoms with Gasteiger partial charge in [0.25, 0.3) is 5.91 Å². The third kappa shape index (κ3) is 5.22. The first-order valence-electron chi connectivity index (χ1n) is 12.6. The number of rotatable bonds is 5. The van der Waals surface area contributed by atoms with Crippen LogP contribution in [0, 0.1) is 0 Å². The van der Waals surface area contributed by atoms with Gasteiger partial charge in [-0.2, -0.15) is 18.3 Å². The Bertz CT molecular complexity index is 2090. The number of amides is 1. The maximum Gasteiger partial charge on any atom is 0.435 e. The molecular formula is C31H21F3N4O3S. The fraction of sp³-hybridized carbons (Fsp3) is 0.0323. The maximum atomic E-state index is 13.7. The van der Waals surface area contributed by atoms with Crippen molar-refractivity contribution in [2.24, 2.45) is 5.14 Å². The number of carbonyl (C=O) groups excluding carboxylic acids is 1. The largest absolute Gasteiger partial charge is 0.435 e. The number of anilines is 1. The van der Waals surface area contributed by atoms with Crippen LogP contribution in [0.5, 0.6) is 0 Å². The van der Waals surface area contributed by atoms with E-state index in [1.807, 2.05) is 48.5 Å². The van der Waals surface area contributed by atoms with E-state index in [9.17, 15) is 26.4 Å². The summed E-state index contributed by atoms with van der Waals surface area (Å²) < 4.78 is 65.3. The molecule has 6 rings (SSSR count). The topological polar surface area (TPSA) is 107 Å². The van der Waals surface area contributed by atoms with Crippen molar-refractivity contribution in [2.75, 3.05) is 5.32 Å². The summed E-state index contributed by atoms with van der Waals surface area (Å²) in [6.45, 7) is 0. The summed E-state index contributed by atoms with van der Waals surface area (Å²) in [6, 6.07) is 29.6. The van der Waals surface area contributed by atoms with Gasteiger partial charge in [0.1, 0.15) is 0 Å². The molecule has 6 aromatic rings. The van der Waals surface area contributed by atoms with Crippen LogP contribution in [0.3, 0.4) is 0 Å². The highest BCUT2D eigenvalue weighted by molar-refractivity contribution is 7.89. The fourth-order valence-electron chi connectivity index (χ4n) is 4.78. The van der Waals surface area contributed by atoms with Crippen LogP contribution >= 0.6 is 0 Å². The van der Waals surface area contributed by atoms with E-state index in [4.69, 9.17) is 5.14 Å². The molecular weight excluding hydrogens is 565 g/mol. The molecule has 0 radical (unpaired) electrons. The third-order valence-corrected chi connectivity index (χ3v) is 7.78. The maximum absolute atomic E-state index is 13.7. The number of alkyl halides is 3. The Balaban J connectivity index is 1.33. The van der Waals surface area contributed by atoms with E-state index in [1.54, 1.807) is 6.07 Å². The summed E-state index contributed by atoms with van der Waals surface area (Å²) in [7, 11) is -3.87. The molecule has 0 unspecified atom stereocenters. The molecule has 3 N–H and O–H groups in total. The quantitative estimate of drug-likeness (QED) is 0.218. The molecule has 0 atom stereocenters. The first-order valence-corrected chi connectivity index (χ1v) is 14.2. The van der Waals surface area contributed by atoms with Crippen LogP contribution in [-0.4, -0.2) is 24.1 Å². The van der Waals surface area contributed by atoms with E-state index in [0.29, 0.717) is 16.9 Å². The monoisotopic (exact) mass is 586 g/mol. The van der Waals surface area contributed by atoms with Gasteiger partial charge in [0.05, 0.1) is 16.3 Å². The number of hydrogen-bond acceptors (Lipinski definition) is 4. The molecule has 0 aliphatic rings. The second kappa shape index (κ2) is 10.1. The van der Waals surface area contributed by atoms with E-state index in [2.05, 4.69) is 10.4 Å². The highest BCUT2D eigenvalue weighted by Crippen LogP contribution is 2.35. The lowest BCUT2D eigenvalue weighted by Gasteiger charge is -2.11. The van der Waals surface area contributed by atoms with E-state index in [1.165, 1.54) is 53.2 Å². The average molecular weight is 587 g/mol. The van der Waals surface area contributed by atoms with Crippen molar-refractivity contribution in [1.29, 1.82) is 0 Å². The molecule has 0 spiro atoms. The zero-order chi connectivity index (χ0) is 29.6. The second-order valence-corrected chi connectivity index (χ2v) is 11.2. The van der Waals surface area contributed by atoms with Gasteiger partial charge in [-0.1, -0.05) is 48.5 Å². The predicted octanol–water partition coefficient (Wildman–Crippen LogP) is 6.76. The van der Waals surface area contributed by atoms with Crippen LogP contribution in [0.4, 0.5) is 18.9 Å². The van der Waals surface area contributed by atoms with Gasteiger partial charge in [0.15, 0.2) is 5.69 Å². The van der Waals surface area contributed by atoms with Crippen LogP contribution in [0.15, 0.2) is 114 Å². The first-order chi connectivity index (χ1) is 20.0. The predicted molar refractivity (Wildman–Crippen MR) is 155 cm³/mol. The SMILES string of the molecule is NS(=O)(=O)c1ccc(NC(=O)c2ccc(-n3nc(C(F)(F)F)cc3-c3ccc4c(ccc5ccccc54)c3)cc2)cc1. The molecule has 1 heterocycles. The van der Waals surface area contributed by atoms with Gasteiger partial charge in [-0.05, 0) is 82.2 Å². The highest BCUT2D eigenvalue weighted by Gasteiger charge is 2.35. The molecule has 210 valence electrons. The van der Waals surface area contributed by atoms with Crippen LogP contribution in [0.25, 0.3) is 38.5 Å². The highest BCUT2D eigenvalue weighted by atomic mass is 32.2. The van der Waals surface area contributed by atoms with Crippen LogP contribution in [0.1, 0.15) is 16.1 Å². The number of benzene rings is 5. The van der Waals surface area contributed by atoms with Crippen molar-refractivity contribution >= 4 is 43.2 Å². The van der Waals surface area contributed by atoms with Crippen LogP contribution in [0.2, 0.25) is 0 Å². The fourth-order valence-corrected chi connectivity index (χ4v) is 5.30. The van der Waals surface area contributed by atoms with E-state index in [-0.39, 0.29) is 16.2 Å². The molecule has 0 bridgehead atoms. The number of nitrogens with zero attached hydrogens (tertiary/aromatic N) is 2. The second-order valence-electron chi connectivity index (χ2n) is 9.62. The Morgan fingerprint density at radius 3 is 2.14 bits per heavy atom. The Hall–Kier alpha value is -5.00. The summed E-state index contributed by atoms with van der Waals surface area (Å²) >= 11 is 0. The van der Waals surface area contributed by atoms with Crippen molar-refractivity contribution in [3.63, 3.8) is 0 Å². The lowest BCUT2D eigenvalue weighted by Crippen LogP contribution is -2.14. The molecule has 1 amide bonds. The van der Waals surface area contributed by atoms with Gasteiger partial charge in [0.2, 0.25) is 10.0 Å². The number of aromatic nitrogens is 2. The van der Waals surface area contributed by atoms with Gasteiger partial charge in [-0.25, -0.2) is 18.2 Å². The van der Waals surface area contributed by atoms with Gasteiger partial charge in [-0.15, -0.1) is 0 Å². The van der Waals surface area contributed by atoms with Gasteiger partial charge >= 0.3 is 6.18 Å². The zero-order valence-corrected chi connectivity index (χ0v) is 22.4. The number of sulfonamides is 1. The number of carbonyl (C=O) groups is 1. The number of halogens is 3. The molecule has 0 fully saturated rings. The molecule has 11 heteroatoms. The minimum atomic E-state index is -4.66. The van der Waals surface area contributed by atoms with Crippen molar-refractivity contribution in [2.45, 2.75) is 11.1 Å². The van der Waals surface area contributed by atoms with Crippen LogP contribution < -0.4 is 10.5 Å². The zero-order valence-electron chi connectivity index (χ0n) is 21.6. The molecule has 7 nitrogen and oxygen atoms in total. The van der Waals surface area contributed by atoms with E-state index < -0.39 is 27.8 Å². The number of primary sulfonamides is 1. The Labute approximate surface area is 238 Å². The van der Waals surface area contributed by atoms with Crippen LogP contribution in [-0.2, 0) is 16.2 Å². The molecule has 5 aromatic carbocycles. The first kappa shape index (κ1) is 27.2. The summed E-state index contributed by atoms with van der Waals surface area (Å²) in [6.07, 6.45) is -4.66. The summed E-state index contributed by atoms with van der Waals surface area (Å²) in [4.78, 5) is 12.7. The Morgan fingerprint density at radius 2 is 1.45 bits per heavy atom. The standard InChI is InChI=1S/C31H21F3N4O3S/c32-31(33,34)29-18-28(22-9-16-27-21(17-22)6-5-19-3-1-2-4-26(19)27)38(37-29)24-12-7-20(8-13-24)30(39)36-23-10-14-25(15-11-23)42(35,40)41/h1-18H,(H,36,39)(H2,35,40,41). The molecule has 0 saturated heterocycles. The number of hydrogen-bond donors (Lipinski definition) is 2. The molecule has 0 aliphatic carbocycles. The molecule has 42 heavy (non-hydrogen) atoms.